The van der Waals surface area contributed by atoms with Crippen LogP contribution in [0.15, 0.2) is 24.7 Å². The van der Waals surface area contributed by atoms with E-state index in [1.54, 1.807) is 0 Å². The van der Waals surface area contributed by atoms with Crippen molar-refractivity contribution >= 4 is 0 Å². The number of hydrogen-bond acceptors (Lipinski definition) is 3. The highest BCUT2D eigenvalue weighted by molar-refractivity contribution is 5.30. The summed E-state index contributed by atoms with van der Waals surface area (Å²) in [6.45, 7) is -0.0747. The average molecular weight is 260 g/mol. The van der Waals surface area contributed by atoms with Crippen LogP contribution in [0.2, 0.25) is 0 Å². The van der Waals surface area contributed by atoms with Gasteiger partial charge in [-0.2, -0.15) is 18.3 Å². The van der Waals surface area contributed by atoms with Crippen LogP contribution >= 0.6 is 0 Å². The SMILES string of the molecule is NCc1ccnc(-n2cc(C(F)(F)F)cn2)c1F. The van der Waals surface area contributed by atoms with Gasteiger partial charge >= 0.3 is 6.18 Å². The molecule has 2 N–H and O–H groups in total. The van der Waals surface area contributed by atoms with Crippen molar-refractivity contribution in [2.45, 2.75) is 12.7 Å². The van der Waals surface area contributed by atoms with Crippen molar-refractivity contribution in [3.05, 3.63) is 41.6 Å². The molecular weight excluding hydrogens is 252 g/mol. The summed E-state index contributed by atoms with van der Waals surface area (Å²) in [4.78, 5) is 3.66. The van der Waals surface area contributed by atoms with Gasteiger partial charge in [-0.1, -0.05) is 0 Å². The number of nitrogens with two attached hydrogens (primary N) is 1. The van der Waals surface area contributed by atoms with Gasteiger partial charge in [-0.25, -0.2) is 14.1 Å². The first-order valence-corrected chi connectivity index (χ1v) is 4.89. The van der Waals surface area contributed by atoms with Gasteiger partial charge < -0.3 is 5.73 Å². The Bertz CT molecular complexity index is 561. The highest BCUT2D eigenvalue weighted by Crippen LogP contribution is 2.29. The van der Waals surface area contributed by atoms with Crippen molar-refractivity contribution in [1.82, 2.24) is 14.8 Å². The van der Waals surface area contributed by atoms with Gasteiger partial charge in [-0.05, 0) is 6.07 Å². The molecular formula is C10H8F4N4. The predicted octanol–water partition coefficient (Wildman–Crippen LogP) is 1.88. The third-order valence-electron chi connectivity index (χ3n) is 2.30. The van der Waals surface area contributed by atoms with Crippen molar-refractivity contribution in [2.24, 2.45) is 5.73 Å². The maximum absolute atomic E-state index is 13.8. The van der Waals surface area contributed by atoms with Crippen molar-refractivity contribution in [1.29, 1.82) is 0 Å². The van der Waals surface area contributed by atoms with E-state index in [4.69, 9.17) is 5.73 Å². The second-order valence-corrected chi connectivity index (χ2v) is 3.48. The number of halogens is 4. The van der Waals surface area contributed by atoms with Crippen LogP contribution in [0, 0.1) is 5.82 Å². The molecule has 0 saturated carbocycles. The van der Waals surface area contributed by atoms with Gasteiger partial charge in [0.15, 0.2) is 11.6 Å². The molecule has 4 nitrogen and oxygen atoms in total. The first kappa shape index (κ1) is 12.5. The van der Waals surface area contributed by atoms with Crippen molar-refractivity contribution in [3.63, 3.8) is 0 Å². The monoisotopic (exact) mass is 260 g/mol. The van der Waals surface area contributed by atoms with Gasteiger partial charge in [0.1, 0.15) is 0 Å². The van der Waals surface area contributed by atoms with E-state index in [-0.39, 0.29) is 17.9 Å². The zero-order valence-corrected chi connectivity index (χ0v) is 8.95. The van der Waals surface area contributed by atoms with Crippen LogP contribution in [0.1, 0.15) is 11.1 Å². The Hall–Kier alpha value is -1.96. The molecule has 0 aliphatic heterocycles. The van der Waals surface area contributed by atoms with E-state index in [2.05, 4.69) is 10.1 Å². The van der Waals surface area contributed by atoms with Crippen molar-refractivity contribution in [2.75, 3.05) is 0 Å². The smallest absolute Gasteiger partial charge is 0.326 e. The molecule has 8 heteroatoms. The number of aromatic nitrogens is 3. The first-order valence-electron chi connectivity index (χ1n) is 4.89. The van der Waals surface area contributed by atoms with Gasteiger partial charge in [0, 0.05) is 24.5 Å². The third-order valence-corrected chi connectivity index (χ3v) is 2.30. The molecule has 0 radical (unpaired) electrons. The quantitative estimate of drug-likeness (QED) is 0.839. The molecule has 18 heavy (non-hydrogen) atoms. The van der Waals surface area contributed by atoms with Crippen molar-refractivity contribution in [3.8, 4) is 5.82 Å². The second kappa shape index (κ2) is 4.37. The molecule has 0 atom stereocenters. The lowest BCUT2D eigenvalue weighted by atomic mass is 10.2. The fourth-order valence-electron chi connectivity index (χ4n) is 1.37. The summed E-state index contributed by atoms with van der Waals surface area (Å²) < 4.78 is 51.6. The maximum atomic E-state index is 13.8. The molecule has 0 fully saturated rings. The molecule has 2 rings (SSSR count). The highest BCUT2D eigenvalue weighted by Gasteiger charge is 2.32. The number of pyridine rings is 1. The van der Waals surface area contributed by atoms with Crippen LogP contribution in [0.3, 0.4) is 0 Å². The third kappa shape index (κ3) is 2.19. The van der Waals surface area contributed by atoms with Crippen molar-refractivity contribution < 1.29 is 17.6 Å². The van der Waals surface area contributed by atoms with E-state index < -0.39 is 17.6 Å². The van der Waals surface area contributed by atoms with Gasteiger partial charge in [0.25, 0.3) is 0 Å². The summed E-state index contributed by atoms with van der Waals surface area (Å²) in [5, 5.41) is 3.44. The van der Waals surface area contributed by atoms with Gasteiger partial charge in [0.2, 0.25) is 0 Å². The van der Waals surface area contributed by atoms with Gasteiger partial charge in [-0.3, -0.25) is 0 Å². The van der Waals surface area contributed by atoms with Crippen LogP contribution in [0.5, 0.6) is 0 Å². The van der Waals surface area contributed by atoms with E-state index in [1.807, 2.05) is 0 Å². The normalized spacial score (nSPS) is 11.8. The predicted molar refractivity (Wildman–Crippen MR) is 54.2 cm³/mol. The molecule has 2 aromatic heterocycles. The van der Waals surface area contributed by atoms with Crippen LogP contribution in [0.4, 0.5) is 17.6 Å². The molecule has 0 spiro atoms. The average Bonchev–Trinajstić information content (AvgIpc) is 2.78. The second-order valence-electron chi connectivity index (χ2n) is 3.48. The zero-order chi connectivity index (χ0) is 13.3. The minimum Gasteiger partial charge on any atom is -0.326 e. The van der Waals surface area contributed by atoms with E-state index in [1.165, 1.54) is 12.3 Å². The lowest BCUT2D eigenvalue weighted by molar-refractivity contribution is -0.137. The Morgan fingerprint density at radius 1 is 1.33 bits per heavy atom. The Kier molecular flexibility index (Phi) is 3.04. The van der Waals surface area contributed by atoms with E-state index in [0.717, 1.165) is 4.68 Å². The fraction of sp³-hybridized carbons (Fsp3) is 0.200. The zero-order valence-electron chi connectivity index (χ0n) is 8.95. The summed E-state index contributed by atoms with van der Waals surface area (Å²) in [5.74, 6) is -1.09. The minimum atomic E-state index is -4.53. The summed E-state index contributed by atoms with van der Waals surface area (Å²) in [7, 11) is 0. The lowest BCUT2D eigenvalue weighted by Crippen LogP contribution is -2.08. The topological polar surface area (TPSA) is 56.7 Å². The molecule has 0 aliphatic carbocycles. The molecule has 0 amide bonds. The Morgan fingerprint density at radius 3 is 2.61 bits per heavy atom. The van der Waals surface area contributed by atoms with Crippen LogP contribution in [-0.2, 0) is 12.7 Å². The first-order chi connectivity index (χ1) is 8.43. The standard InChI is InChI=1S/C10H8F4N4/c11-8-6(3-15)1-2-16-9(8)18-5-7(4-17-18)10(12,13)14/h1-2,4-5H,3,15H2. The van der Waals surface area contributed by atoms with Gasteiger partial charge in [0.05, 0.1) is 11.8 Å². The summed E-state index contributed by atoms with van der Waals surface area (Å²) >= 11 is 0. The lowest BCUT2D eigenvalue weighted by Gasteiger charge is -2.05. The fourth-order valence-corrected chi connectivity index (χ4v) is 1.37. The Labute approximate surface area is 99.0 Å². The molecule has 2 aromatic rings. The summed E-state index contributed by atoms with van der Waals surface area (Å²) in [5.41, 5.74) is 4.48. The van der Waals surface area contributed by atoms with E-state index >= 15 is 0 Å². The highest BCUT2D eigenvalue weighted by atomic mass is 19.4. The van der Waals surface area contributed by atoms with E-state index in [0.29, 0.717) is 12.4 Å². The maximum Gasteiger partial charge on any atom is 0.419 e. The largest absolute Gasteiger partial charge is 0.419 e. The summed E-state index contributed by atoms with van der Waals surface area (Å²) in [6.07, 6.45) is -1.99. The molecule has 2 heterocycles. The molecule has 0 unspecified atom stereocenters. The number of nitrogens with zero attached hydrogens (tertiary/aromatic N) is 3. The molecule has 96 valence electrons. The van der Waals surface area contributed by atoms with Crippen LogP contribution in [-0.4, -0.2) is 14.8 Å². The number of rotatable bonds is 2. The van der Waals surface area contributed by atoms with E-state index in [9.17, 15) is 17.6 Å². The summed E-state index contributed by atoms with van der Waals surface area (Å²) in [6, 6.07) is 1.35. The molecule has 0 aromatic carbocycles. The van der Waals surface area contributed by atoms with Crippen LogP contribution < -0.4 is 5.73 Å². The molecule has 0 aliphatic rings. The number of hydrogen-bond donors (Lipinski definition) is 1. The minimum absolute atomic E-state index is 0.0747. The molecule has 0 saturated heterocycles. The number of alkyl halides is 3. The Balaban J connectivity index is 2.47. The van der Waals surface area contributed by atoms with Crippen LogP contribution in [0.25, 0.3) is 5.82 Å². The molecule has 0 bridgehead atoms. The Morgan fingerprint density at radius 2 is 2.06 bits per heavy atom. The van der Waals surface area contributed by atoms with Gasteiger partial charge in [-0.15, -0.1) is 0 Å².